The Morgan fingerprint density at radius 2 is 1.36 bits per heavy atom. The van der Waals surface area contributed by atoms with Gasteiger partial charge in [-0.3, -0.25) is 0 Å². The molecule has 5 heteroatoms. The molecule has 0 amide bonds. The van der Waals surface area contributed by atoms with Crippen LogP contribution in [0.4, 0.5) is 0 Å². The van der Waals surface area contributed by atoms with Crippen molar-refractivity contribution in [3.8, 4) is 28.1 Å². The van der Waals surface area contributed by atoms with Crippen molar-refractivity contribution in [2.24, 2.45) is 0 Å². The molecule has 0 radical (unpaired) electrons. The molecular weight excluding hydrogens is 587 g/mol. The number of aromatic nitrogens is 3. The molecule has 0 spiro atoms. The molecule has 0 aliphatic heterocycles. The molecule has 0 fully saturated rings. The zero-order valence-electron chi connectivity index (χ0n) is 41.5. The first-order valence-corrected chi connectivity index (χ1v) is 15.1. The van der Waals surface area contributed by atoms with Crippen molar-refractivity contribution in [3.63, 3.8) is 0 Å². The molecule has 210 valence electrons. The van der Waals surface area contributed by atoms with Crippen molar-refractivity contribution in [2.75, 3.05) is 0 Å². The van der Waals surface area contributed by atoms with Crippen molar-refractivity contribution in [1.82, 2.24) is 14.5 Å². The summed E-state index contributed by atoms with van der Waals surface area (Å²) in [7, 11) is 0. The number of nitrogens with zero attached hydrogens (tertiary/aromatic N) is 3. The SMILES string of the molecule is [2H]c1c([2H])c([2H])c(-c2ccc3sc4c(-c5c([2H])c([2H])c([2H])c(-n6c7c([2H])c([2H])c([2H])c([2H])c7c7c8sc9c([2H])c([2H])c([2H])c([2H])c9c8c([2H])c([2H])c76)c5[2H])ncnc4c3c2)c([2H])c1[2H]. The maximum absolute atomic E-state index is 9.77. The Balaban J connectivity index is 1.33. The molecule has 0 bridgehead atoms. The normalized spacial score (nSPS) is 17.9. The van der Waals surface area contributed by atoms with Crippen molar-refractivity contribution in [1.29, 1.82) is 0 Å². The summed E-state index contributed by atoms with van der Waals surface area (Å²) >= 11 is 1.99. The fourth-order valence-electron chi connectivity index (χ4n) is 5.67. The number of para-hydroxylation sites is 1. The van der Waals surface area contributed by atoms with Gasteiger partial charge in [0.05, 0.1) is 53.0 Å². The second-order valence-electron chi connectivity index (χ2n) is 9.98. The highest BCUT2D eigenvalue weighted by Gasteiger charge is 2.19. The van der Waals surface area contributed by atoms with Crippen LogP contribution in [0.25, 0.3) is 90.4 Å². The lowest BCUT2D eigenvalue weighted by Gasteiger charge is -2.10. The van der Waals surface area contributed by atoms with E-state index in [2.05, 4.69) is 9.97 Å². The summed E-state index contributed by atoms with van der Waals surface area (Å²) in [5, 5.41) is 0.137. The average molecular weight is 629 g/mol. The molecule has 3 nitrogen and oxygen atoms in total. The number of fused-ring (bicyclic) bond motifs is 10. The van der Waals surface area contributed by atoms with E-state index in [0.29, 0.717) is 25.9 Å². The van der Waals surface area contributed by atoms with Gasteiger partial charge in [0, 0.05) is 52.3 Å². The van der Waals surface area contributed by atoms with Crippen molar-refractivity contribution in [2.45, 2.75) is 0 Å². The minimum absolute atomic E-state index is 0.0227. The summed E-state index contributed by atoms with van der Waals surface area (Å²) in [6, 6.07) is -5.92. The third-order valence-electron chi connectivity index (χ3n) is 7.58. The molecule has 0 saturated carbocycles. The van der Waals surface area contributed by atoms with Crippen LogP contribution in [0.3, 0.4) is 0 Å². The van der Waals surface area contributed by atoms with Gasteiger partial charge in [0.2, 0.25) is 0 Å². The van der Waals surface area contributed by atoms with Crippen molar-refractivity contribution >= 4 is 85.0 Å². The first-order valence-electron chi connectivity index (χ1n) is 22.9. The molecule has 0 unspecified atom stereocenters. The Morgan fingerprint density at radius 3 is 2.29 bits per heavy atom. The van der Waals surface area contributed by atoms with Crippen LogP contribution in [0.1, 0.15) is 26.0 Å². The molecule has 0 saturated heterocycles. The maximum Gasteiger partial charge on any atom is 0.116 e. The lowest BCUT2D eigenvalue weighted by Crippen LogP contribution is -1.95. The van der Waals surface area contributed by atoms with Gasteiger partial charge in [0.25, 0.3) is 0 Å². The van der Waals surface area contributed by atoms with Crippen LogP contribution in [0.2, 0.25) is 0 Å². The van der Waals surface area contributed by atoms with Crippen LogP contribution < -0.4 is 0 Å². The molecular formula is C40H23N3S2. The Kier molecular flexibility index (Phi) is 2.75. The van der Waals surface area contributed by atoms with Crippen LogP contribution in [0.5, 0.6) is 0 Å². The third kappa shape index (κ3) is 3.69. The monoisotopic (exact) mass is 628 g/mol. The highest BCUT2D eigenvalue weighted by Crippen LogP contribution is 2.44. The molecule has 6 aromatic carbocycles. The number of thiophene rings is 2. The van der Waals surface area contributed by atoms with E-state index in [1.807, 2.05) is 0 Å². The minimum atomic E-state index is -0.725. The Hall–Kier alpha value is -5.36. The van der Waals surface area contributed by atoms with Crippen molar-refractivity contribution < 1.29 is 26.0 Å². The molecule has 0 N–H and O–H groups in total. The Bertz CT molecular complexity index is 3830. The molecule has 0 aliphatic carbocycles. The summed E-state index contributed by atoms with van der Waals surface area (Å²) in [6.45, 7) is 0. The predicted octanol–water partition coefficient (Wildman–Crippen LogP) is 11.6. The van der Waals surface area contributed by atoms with E-state index in [1.54, 1.807) is 18.2 Å². The summed E-state index contributed by atoms with van der Waals surface area (Å²) < 4.78 is 169. The fraction of sp³-hybridized carbons (Fsp3) is 0. The van der Waals surface area contributed by atoms with Gasteiger partial charge in [-0.05, 0) is 53.5 Å². The molecule has 4 aromatic heterocycles. The van der Waals surface area contributed by atoms with E-state index in [4.69, 9.17) is 19.2 Å². The third-order valence-corrected chi connectivity index (χ3v) is 9.87. The van der Waals surface area contributed by atoms with E-state index in [1.165, 1.54) is 0 Å². The quantitative estimate of drug-likeness (QED) is 0.195. The van der Waals surface area contributed by atoms with Gasteiger partial charge in [-0.2, -0.15) is 0 Å². The zero-order chi connectivity index (χ0) is 46.0. The van der Waals surface area contributed by atoms with Gasteiger partial charge in [-0.15, -0.1) is 22.7 Å². The van der Waals surface area contributed by atoms with Crippen molar-refractivity contribution in [3.05, 3.63) is 139 Å². The average Bonchev–Trinajstić information content (AvgIpc) is 3.97. The molecule has 0 atom stereocenters. The molecule has 10 aromatic rings. The minimum Gasteiger partial charge on any atom is -0.309 e. The van der Waals surface area contributed by atoms with Gasteiger partial charge in [-0.1, -0.05) is 90.7 Å². The number of hydrogen-bond donors (Lipinski definition) is 0. The van der Waals surface area contributed by atoms with Gasteiger partial charge in [0.15, 0.2) is 0 Å². The lowest BCUT2D eigenvalue weighted by atomic mass is 10.0. The standard InChI is InChI=1S/C40H23N3S2/c1-2-9-24(10-3-1)25-17-20-35-31(22-25)38-40(45-35)37(41-23-42-38)26-11-8-12-27(21-26)43-32-15-6-4-14-30(32)36-33(43)19-18-29-28-13-5-7-16-34(28)44-39(29)36/h1-23H/i1D,2D,3D,4D,5D,6D,7D,8D,9D,10D,11D,12D,13D,14D,15D,16D,18D,19D,21D. The first-order chi connectivity index (χ1) is 30.2. The van der Waals surface area contributed by atoms with E-state index >= 15 is 0 Å². The predicted molar refractivity (Wildman–Crippen MR) is 193 cm³/mol. The second-order valence-corrected chi connectivity index (χ2v) is 12.1. The van der Waals surface area contributed by atoms with Crippen LogP contribution >= 0.6 is 22.7 Å². The largest absolute Gasteiger partial charge is 0.309 e. The lowest BCUT2D eigenvalue weighted by molar-refractivity contribution is 1.18. The molecule has 0 aliphatic rings. The maximum atomic E-state index is 9.77. The topological polar surface area (TPSA) is 30.7 Å². The van der Waals surface area contributed by atoms with Crippen LogP contribution in [0.15, 0.2) is 139 Å². The van der Waals surface area contributed by atoms with Gasteiger partial charge in [0.1, 0.15) is 6.33 Å². The van der Waals surface area contributed by atoms with E-state index < -0.39 is 120 Å². The van der Waals surface area contributed by atoms with Crippen LogP contribution in [-0.4, -0.2) is 14.5 Å². The fourth-order valence-corrected chi connectivity index (χ4v) is 7.91. The first kappa shape index (κ1) is 12.9. The van der Waals surface area contributed by atoms with E-state index in [0.717, 1.165) is 33.6 Å². The summed E-state index contributed by atoms with van der Waals surface area (Å²) in [4.78, 5) is 8.94. The highest BCUT2D eigenvalue weighted by atomic mass is 32.1. The van der Waals surface area contributed by atoms with Crippen LogP contribution in [-0.2, 0) is 0 Å². The Labute approximate surface area is 293 Å². The smallest absolute Gasteiger partial charge is 0.116 e. The zero-order valence-corrected chi connectivity index (χ0v) is 24.1. The molecule has 4 heterocycles. The number of hydrogen-bond acceptors (Lipinski definition) is 4. The summed E-state index contributed by atoms with van der Waals surface area (Å²) in [5.41, 5.74) is -0.813. The molecule has 45 heavy (non-hydrogen) atoms. The van der Waals surface area contributed by atoms with Gasteiger partial charge < -0.3 is 4.57 Å². The summed E-state index contributed by atoms with van der Waals surface area (Å²) in [5.74, 6) is 0. The highest BCUT2D eigenvalue weighted by molar-refractivity contribution is 7.27. The van der Waals surface area contributed by atoms with E-state index in [9.17, 15) is 6.85 Å². The van der Waals surface area contributed by atoms with Gasteiger partial charge >= 0.3 is 0 Å². The van der Waals surface area contributed by atoms with Gasteiger partial charge in [-0.25, -0.2) is 9.97 Å². The van der Waals surface area contributed by atoms with Crippen LogP contribution in [0, 0.1) is 0 Å². The number of rotatable bonds is 3. The molecule has 10 rings (SSSR count). The van der Waals surface area contributed by atoms with E-state index in [-0.39, 0.29) is 58.8 Å². The Morgan fingerprint density at radius 1 is 0.556 bits per heavy atom. The summed E-state index contributed by atoms with van der Waals surface area (Å²) in [6.07, 6.45) is 1.16. The number of benzene rings is 6. The second kappa shape index (κ2) is 9.57.